The average Bonchev–Trinajstić information content (AvgIpc) is 2.71. The summed E-state index contributed by atoms with van der Waals surface area (Å²) in [7, 11) is 0. The monoisotopic (exact) mass is 386 g/mol. The van der Waals surface area contributed by atoms with Crippen LogP contribution in [0.25, 0.3) is 11.0 Å². The minimum atomic E-state index is -0.641. The Morgan fingerprint density at radius 3 is 2.32 bits per heavy atom. The Balaban J connectivity index is 1.94. The standard InChI is InChI=1S/C24H15ClO3/c25-18-12-14-20-21(15-18)28-24(27)22(23(20)26)19(17-9-5-2-6-10-17)13-11-16-7-3-1-4-8-16/h1-10,12,14-15,19,26H. The Morgan fingerprint density at radius 1 is 0.929 bits per heavy atom. The van der Waals surface area contributed by atoms with Gasteiger partial charge in [-0.1, -0.05) is 72.0 Å². The molecule has 0 saturated heterocycles. The predicted molar refractivity (Wildman–Crippen MR) is 111 cm³/mol. The van der Waals surface area contributed by atoms with Crippen LogP contribution in [0.1, 0.15) is 22.6 Å². The summed E-state index contributed by atoms with van der Waals surface area (Å²) in [5, 5.41) is 11.7. The maximum absolute atomic E-state index is 12.8. The van der Waals surface area contributed by atoms with Crippen LogP contribution < -0.4 is 5.63 Å². The lowest BCUT2D eigenvalue weighted by molar-refractivity contribution is 0.456. The minimum Gasteiger partial charge on any atom is -0.507 e. The van der Waals surface area contributed by atoms with Gasteiger partial charge in [-0.3, -0.25) is 0 Å². The molecule has 0 aliphatic heterocycles. The third kappa shape index (κ3) is 3.51. The molecule has 4 aromatic rings. The molecule has 0 bridgehead atoms. The lowest BCUT2D eigenvalue weighted by Crippen LogP contribution is -2.13. The molecule has 1 unspecified atom stereocenters. The van der Waals surface area contributed by atoms with Crippen LogP contribution in [0.2, 0.25) is 5.02 Å². The number of aromatic hydroxyl groups is 1. The van der Waals surface area contributed by atoms with Crippen LogP contribution in [0.15, 0.2) is 88.1 Å². The largest absolute Gasteiger partial charge is 0.507 e. The molecule has 1 heterocycles. The van der Waals surface area contributed by atoms with E-state index in [0.717, 1.165) is 11.1 Å². The number of halogens is 1. The van der Waals surface area contributed by atoms with E-state index < -0.39 is 11.5 Å². The first-order valence-corrected chi connectivity index (χ1v) is 9.08. The molecule has 3 aromatic carbocycles. The SMILES string of the molecule is O=c1oc2cc(Cl)ccc2c(O)c1C(C#Cc1ccccc1)c1ccccc1. The first kappa shape index (κ1) is 17.9. The highest BCUT2D eigenvalue weighted by atomic mass is 35.5. The first-order valence-electron chi connectivity index (χ1n) is 8.70. The second-order valence-electron chi connectivity index (χ2n) is 6.27. The molecule has 0 aliphatic rings. The van der Waals surface area contributed by atoms with Crippen LogP contribution in [0, 0.1) is 11.8 Å². The van der Waals surface area contributed by atoms with E-state index in [-0.39, 0.29) is 16.9 Å². The van der Waals surface area contributed by atoms with E-state index in [1.165, 1.54) is 6.07 Å². The third-order valence-electron chi connectivity index (χ3n) is 4.43. The second kappa shape index (κ2) is 7.64. The Kier molecular flexibility index (Phi) is 4.89. The van der Waals surface area contributed by atoms with E-state index in [1.807, 2.05) is 60.7 Å². The Hall–Kier alpha value is -3.48. The molecule has 0 fully saturated rings. The van der Waals surface area contributed by atoms with E-state index >= 15 is 0 Å². The summed E-state index contributed by atoms with van der Waals surface area (Å²) < 4.78 is 5.44. The molecular weight excluding hydrogens is 372 g/mol. The number of benzene rings is 3. The molecule has 28 heavy (non-hydrogen) atoms. The van der Waals surface area contributed by atoms with Crippen molar-refractivity contribution >= 4 is 22.6 Å². The zero-order chi connectivity index (χ0) is 19.5. The summed E-state index contributed by atoms with van der Waals surface area (Å²) in [6.07, 6.45) is 0. The number of fused-ring (bicyclic) bond motifs is 1. The normalized spacial score (nSPS) is 11.6. The second-order valence-corrected chi connectivity index (χ2v) is 6.71. The van der Waals surface area contributed by atoms with Crippen molar-refractivity contribution in [3.8, 4) is 17.6 Å². The Morgan fingerprint density at radius 2 is 1.61 bits per heavy atom. The van der Waals surface area contributed by atoms with E-state index in [9.17, 15) is 9.90 Å². The summed E-state index contributed by atoms with van der Waals surface area (Å²) in [5.74, 6) is 5.44. The third-order valence-corrected chi connectivity index (χ3v) is 4.67. The molecule has 1 N–H and O–H groups in total. The maximum atomic E-state index is 12.8. The van der Waals surface area contributed by atoms with Gasteiger partial charge in [0.25, 0.3) is 0 Å². The molecule has 0 amide bonds. The molecule has 0 spiro atoms. The van der Waals surface area contributed by atoms with Gasteiger partial charge in [0.05, 0.1) is 16.9 Å². The molecular formula is C24H15ClO3. The van der Waals surface area contributed by atoms with Crippen LogP contribution in [-0.2, 0) is 0 Å². The maximum Gasteiger partial charge on any atom is 0.344 e. The van der Waals surface area contributed by atoms with Crippen LogP contribution >= 0.6 is 11.6 Å². The van der Waals surface area contributed by atoms with Gasteiger partial charge in [-0.15, -0.1) is 0 Å². The molecule has 1 aromatic heterocycles. The van der Waals surface area contributed by atoms with E-state index in [0.29, 0.717) is 10.4 Å². The van der Waals surface area contributed by atoms with Crippen LogP contribution in [-0.4, -0.2) is 5.11 Å². The van der Waals surface area contributed by atoms with Crippen LogP contribution in [0.3, 0.4) is 0 Å². The molecule has 0 saturated carbocycles. The highest BCUT2D eigenvalue weighted by molar-refractivity contribution is 6.31. The van der Waals surface area contributed by atoms with E-state index in [1.54, 1.807) is 12.1 Å². The molecule has 3 nitrogen and oxygen atoms in total. The van der Waals surface area contributed by atoms with Gasteiger partial charge in [-0.25, -0.2) is 4.79 Å². The van der Waals surface area contributed by atoms with Crippen molar-refractivity contribution in [1.29, 1.82) is 0 Å². The van der Waals surface area contributed by atoms with Crippen molar-refractivity contribution in [3.63, 3.8) is 0 Å². The lowest BCUT2D eigenvalue weighted by atomic mass is 9.91. The van der Waals surface area contributed by atoms with Gasteiger partial charge in [0, 0.05) is 16.7 Å². The summed E-state index contributed by atoms with van der Waals surface area (Å²) in [6.45, 7) is 0. The van der Waals surface area contributed by atoms with Gasteiger partial charge in [-0.2, -0.15) is 0 Å². The smallest absolute Gasteiger partial charge is 0.344 e. The van der Waals surface area contributed by atoms with Gasteiger partial charge < -0.3 is 9.52 Å². The molecule has 0 aliphatic carbocycles. The molecule has 1 atom stereocenters. The van der Waals surface area contributed by atoms with Crippen molar-refractivity contribution < 1.29 is 9.52 Å². The minimum absolute atomic E-state index is 0.115. The molecule has 4 rings (SSSR count). The zero-order valence-corrected chi connectivity index (χ0v) is 15.5. The summed E-state index contributed by atoms with van der Waals surface area (Å²) >= 11 is 5.97. The van der Waals surface area contributed by atoms with Gasteiger partial charge in [0.2, 0.25) is 0 Å². The van der Waals surface area contributed by atoms with Crippen molar-refractivity contribution in [3.05, 3.63) is 111 Å². The van der Waals surface area contributed by atoms with Gasteiger partial charge in [-0.05, 0) is 29.8 Å². The Labute approximate surface area is 166 Å². The fourth-order valence-corrected chi connectivity index (χ4v) is 3.23. The predicted octanol–water partition coefficient (Wildman–Crippen LogP) is 5.34. The highest BCUT2D eigenvalue weighted by Gasteiger charge is 2.23. The van der Waals surface area contributed by atoms with Crippen molar-refractivity contribution in [2.24, 2.45) is 0 Å². The fraction of sp³-hybridized carbons (Fsp3) is 0.0417. The summed E-state index contributed by atoms with van der Waals surface area (Å²) in [6, 6.07) is 23.6. The van der Waals surface area contributed by atoms with E-state index in [4.69, 9.17) is 16.0 Å². The Bertz CT molecular complexity index is 1250. The summed E-state index contributed by atoms with van der Waals surface area (Å²) in [5.41, 5.74) is 1.33. The number of hydrogen-bond acceptors (Lipinski definition) is 3. The number of rotatable bonds is 2. The molecule has 136 valence electrons. The molecule has 4 heteroatoms. The molecule has 0 radical (unpaired) electrons. The first-order chi connectivity index (χ1) is 13.6. The van der Waals surface area contributed by atoms with Crippen molar-refractivity contribution in [2.75, 3.05) is 0 Å². The number of hydrogen-bond donors (Lipinski definition) is 1. The van der Waals surface area contributed by atoms with E-state index in [2.05, 4.69) is 11.8 Å². The fourth-order valence-electron chi connectivity index (χ4n) is 3.07. The summed E-state index contributed by atoms with van der Waals surface area (Å²) in [4.78, 5) is 12.8. The van der Waals surface area contributed by atoms with Crippen molar-refractivity contribution in [1.82, 2.24) is 0 Å². The average molecular weight is 387 g/mol. The quantitative estimate of drug-likeness (QED) is 0.374. The highest BCUT2D eigenvalue weighted by Crippen LogP contribution is 2.34. The lowest BCUT2D eigenvalue weighted by Gasteiger charge is -2.13. The van der Waals surface area contributed by atoms with Crippen molar-refractivity contribution in [2.45, 2.75) is 5.92 Å². The van der Waals surface area contributed by atoms with Crippen LogP contribution in [0.4, 0.5) is 0 Å². The van der Waals surface area contributed by atoms with Gasteiger partial charge >= 0.3 is 5.63 Å². The van der Waals surface area contributed by atoms with Crippen LogP contribution in [0.5, 0.6) is 5.75 Å². The topological polar surface area (TPSA) is 50.4 Å². The van der Waals surface area contributed by atoms with Gasteiger partial charge in [0.1, 0.15) is 11.3 Å². The zero-order valence-electron chi connectivity index (χ0n) is 14.7. The van der Waals surface area contributed by atoms with Gasteiger partial charge in [0.15, 0.2) is 0 Å².